The number of halogens is 1. The second kappa shape index (κ2) is 8.97. The lowest BCUT2D eigenvalue weighted by Gasteiger charge is -2.36. The van der Waals surface area contributed by atoms with Crippen molar-refractivity contribution in [2.24, 2.45) is 0 Å². The van der Waals surface area contributed by atoms with Gasteiger partial charge in [-0.05, 0) is 13.0 Å². The van der Waals surface area contributed by atoms with Crippen molar-refractivity contribution in [3.05, 3.63) is 34.9 Å². The molecule has 1 aromatic carbocycles. The summed E-state index contributed by atoms with van der Waals surface area (Å²) in [4.78, 5) is 30.3. The molecule has 0 unspecified atom stereocenters. The maximum absolute atomic E-state index is 12.3. The summed E-state index contributed by atoms with van der Waals surface area (Å²) in [6, 6.07) is 7.75. The van der Waals surface area contributed by atoms with E-state index in [0.29, 0.717) is 23.9 Å². The first-order valence-electron chi connectivity index (χ1n) is 9.00. The Balaban J connectivity index is 1.53. The third kappa shape index (κ3) is 4.45. The number of nitrogens with one attached hydrogen (secondary N) is 1. The van der Waals surface area contributed by atoms with E-state index in [1.807, 2.05) is 41.0 Å². The lowest BCUT2D eigenvalue weighted by molar-refractivity contribution is -0.128. The van der Waals surface area contributed by atoms with Gasteiger partial charge in [-0.2, -0.15) is 0 Å². The Labute approximate surface area is 163 Å². The van der Waals surface area contributed by atoms with Gasteiger partial charge in [0.2, 0.25) is 5.91 Å². The fraction of sp³-hybridized carbons (Fsp3) is 0.556. The molecule has 2 heterocycles. The first-order chi connectivity index (χ1) is 12.6. The number of rotatable bonds is 5. The molecule has 26 heavy (non-hydrogen) atoms. The van der Waals surface area contributed by atoms with Gasteiger partial charge in [0, 0.05) is 56.4 Å². The number of thioether (sulfide) groups is 1. The standard InChI is InChI=1S/C18H25ClN4O2S/c1-2-20-18(25)22-10-7-21(8-11-22)9-12-23-16(24)13-26-17(23)14-5-3-4-6-15(14)19/h3-6,17H,2,7-13H2,1H3,(H,20,25)/t17-/m0/s1. The van der Waals surface area contributed by atoms with Crippen LogP contribution in [-0.4, -0.2) is 78.2 Å². The molecule has 0 saturated carbocycles. The Morgan fingerprint density at radius 2 is 1.96 bits per heavy atom. The van der Waals surface area contributed by atoms with Gasteiger partial charge in [-0.15, -0.1) is 11.8 Å². The molecule has 1 atom stereocenters. The van der Waals surface area contributed by atoms with Crippen LogP contribution in [0.5, 0.6) is 0 Å². The van der Waals surface area contributed by atoms with Gasteiger partial charge in [-0.25, -0.2) is 4.79 Å². The van der Waals surface area contributed by atoms with Crippen LogP contribution in [0.25, 0.3) is 0 Å². The average Bonchev–Trinajstić information content (AvgIpc) is 3.01. The number of nitrogens with zero attached hydrogens (tertiary/aromatic N) is 3. The second-order valence-corrected chi connectivity index (χ2v) is 7.91. The first kappa shape index (κ1) is 19.3. The number of hydrogen-bond donors (Lipinski definition) is 1. The Hall–Kier alpha value is -1.44. The molecule has 8 heteroatoms. The Morgan fingerprint density at radius 1 is 1.23 bits per heavy atom. The predicted molar refractivity (Wildman–Crippen MR) is 105 cm³/mol. The Bertz CT molecular complexity index is 652. The minimum Gasteiger partial charge on any atom is -0.338 e. The van der Waals surface area contributed by atoms with Crippen molar-refractivity contribution in [1.29, 1.82) is 0 Å². The zero-order valence-electron chi connectivity index (χ0n) is 15.0. The van der Waals surface area contributed by atoms with Crippen LogP contribution in [0, 0.1) is 0 Å². The molecule has 2 saturated heterocycles. The Kier molecular flexibility index (Phi) is 6.67. The quantitative estimate of drug-likeness (QED) is 0.829. The fourth-order valence-corrected chi connectivity index (χ4v) is 4.87. The van der Waals surface area contributed by atoms with Crippen molar-refractivity contribution in [3.8, 4) is 0 Å². The maximum atomic E-state index is 12.3. The lowest BCUT2D eigenvalue weighted by atomic mass is 10.2. The number of carbonyl (C=O) groups excluding carboxylic acids is 2. The highest BCUT2D eigenvalue weighted by atomic mass is 35.5. The molecule has 0 aromatic heterocycles. The molecule has 0 spiro atoms. The summed E-state index contributed by atoms with van der Waals surface area (Å²) < 4.78 is 0. The van der Waals surface area contributed by atoms with Crippen LogP contribution in [0.3, 0.4) is 0 Å². The molecule has 2 fully saturated rings. The number of benzene rings is 1. The van der Waals surface area contributed by atoms with E-state index >= 15 is 0 Å². The number of urea groups is 1. The minimum absolute atomic E-state index is 0.00665. The molecule has 1 N–H and O–H groups in total. The van der Waals surface area contributed by atoms with E-state index in [0.717, 1.165) is 38.3 Å². The highest BCUT2D eigenvalue weighted by Crippen LogP contribution is 2.41. The van der Waals surface area contributed by atoms with Crippen molar-refractivity contribution in [2.45, 2.75) is 12.3 Å². The minimum atomic E-state index is -0.00665. The molecule has 2 aliphatic heterocycles. The van der Waals surface area contributed by atoms with Crippen LogP contribution < -0.4 is 5.32 Å². The van der Waals surface area contributed by atoms with Crippen molar-refractivity contribution in [1.82, 2.24) is 20.0 Å². The van der Waals surface area contributed by atoms with Crippen molar-refractivity contribution in [3.63, 3.8) is 0 Å². The lowest BCUT2D eigenvalue weighted by Crippen LogP contribution is -2.52. The number of carbonyl (C=O) groups is 2. The van der Waals surface area contributed by atoms with Gasteiger partial charge in [-0.3, -0.25) is 9.69 Å². The molecule has 142 valence electrons. The molecular weight excluding hydrogens is 372 g/mol. The maximum Gasteiger partial charge on any atom is 0.317 e. The fourth-order valence-electron chi connectivity index (χ4n) is 3.32. The second-order valence-electron chi connectivity index (χ2n) is 6.44. The van der Waals surface area contributed by atoms with Crippen molar-refractivity contribution in [2.75, 3.05) is 51.6 Å². The molecule has 0 radical (unpaired) electrons. The van der Waals surface area contributed by atoms with Crippen molar-refractivity contribution < 1.29 is 9.59 Å². The molecule has 6 nitrogen and oxygen atoms in total. The van der Waals surface area contributed by atoms with Crippen LogP contribution in [0.2, 0.25) is 5.02 Å². The van der Waals surface area contributed by atoms with Crippen molar-refractivity contribution >= 4 is 35.3 Å². The Morgan fingerprint density at radius 3 is 2.65 bits per heavy atom. The monoisotopic (exact) mass is 396 g/mol. The van der Waals surface area contributed by atoms with E-state index in [1.165, 1.54) is 0 Å². The van der Waals surface area contributed by atoms with E-state index in [9.17, 15) is 9.59 Å². The molecule has 0 aliphatic carbocycles. The summed E-state index contributed by atoms with van der Waals surface area (Å²) >= 11 is 7.97. The van der Waals surface area contributed by atoms with Gasteiger partial charge in [0.05, 0.1) is 5.75 Å². The molecule has 1 aromatic rings. The molecule has 3 amide bonds. The average molecular weight is 397 g/mol. The number of piperazine rings is 1. The normalized spacial score (nSPS) is 21.3. The summed E-state index contributed by atoms with van der Waals surface area (Å²) in [6.07, 6.45) is 0. The summed E-state index contributed by atoms with van der Waals surface area (Å²) in [5.74, 6) is 0.668. The highest BCUT2D eigenvalue weighted by Gasteiger charge is 2.34. The smallest absolute Gasteiger partial charge is 0.317 e. The number of hydrogen-bond acceptors (Lipinski definition) is 4. The highest BCUT2D eigenvalue weighted by molar-refractivity contribution is 8.00. The van der Waals surface area contributed by atoms with Gasteiger partial charge in [0.25, 0.3) is 0 Å². The summed E-state index contributed by atoms with van der Waals surface area (Å²) in [5.41, 5.74) is 1.01. The predicted octanol–water partition coefficient (Wildman–Crippen LogP) is 2.26. The van der Waals surface area contributed by atoms with Gasteiger partial charge >= 0.3 is 6.03 Å². The zero-order valence-corrected chi connectivity index (χ0v) is 16.6. The molecular formula is C18H25ClN4O2S. The van der Waals surface area contributed by atoms with Crippen LogP contribution in [0.4, 0.5) is 4.79 Å². The van der Waals surface area contributed by atoms with Crippen LogP contribution in [-0.2, 0) is 4.79 Å². The van der Waals surface area contributed by atoms with E-state index in [-0.39, 0.29) is 17.3 Å². The van der Waals surface area contributed by atoms with Crippen LogP contribution >= 0.6 is 23.4 Å². The number of amides is 3. The van der Waals surface area contributed by atoms with Crippen LogP contribution in [0.15, 0.2) is 24.3 Å². The van der Waals surface area contributed by atoms with Gasteiger partial charge in [0.1, 0.15) is 5.37 Å². The molecule has 3 rings (SSSR count). The van der Waals surface area contributed by atoms with E-state index in [2.05, 4.69) is 10.2 Å². The van der Waals surface area contributed by atoms with Gasteiger partial charge in [-0.1, -0.05) is 29.8 Å². The first-order valence-corrected chi connectivity index (χ1v) is 10.4. The van der Waals surface area contributed by atoms with Crippen LogP contribution in [0.1, 0.15) is 17.9 Å². The SMILES string of the molecule is CCNC(=O)N1CCN(CCN2C(=O)CS[C@H]2c2ccccc2Cl)CC1. The topological polar surface area (TPSA) is 55.9 Å². The summed E-state index contributed by atoms with van der Waals surface area (Å²) in [5, 5.41) is 3.54. The van der Waals surface area contributed by atoms with E-state index in [4.69, 9.17) is 11.6 Å². The van der Waals surface area contributed by atoms with E-state index in [1.54, 1.807) is 11.8 Å². The zero-order chi connectivity index (χ0) is 18.5. The molecule has 0 bridgehead atoms. The third-order valence-corrected chi connectivity index (χ3v) is 6.37. The summed E-state index contributed by atoms with van der Waals surface area (Å²) in [7, 11) is 0. The summed E-state index contributed by atoms with van der Waals surface area (Å²) in [6.45, 7) is 7.20. The van der Waals surface area contributed by atoms with Gasteiger partial charge in [0.15, 0.2) is 0 Å². The van der Waals surface area contributed by atoms with Gasteiger partial charge < -0.3 is 15.1 Å². The van der Waals surface area contributed by atoms with E-state index < -0.39 is 0 Å². The largest absolute Gasteiger partial charge is 0.338 e. The third-order valence-electron chi connectivity index (χ3n) is 4.78. The molecule has 2 aliphatic rings.